The van der Waals surface area contributed by atoms with Crippen LogP contribution in [0, 0.1) is 0 Å². The molecule has 0 aliphatic carbocycles. The van der Waals surface area contributed by atoms with E-state index in [-0.39, 0.29) is 5.91 Å². The fraction of sp³-hybridized carbons (Fsp3) is 0.0952. The molecule has 130 valence electrons. The van der Waals surface area contributed by atoms with E-state index >= 15 is 0 Å². The zero-order valence-corrected chi connectivity index (χ0v) is 15.0. The van der Waals surface area contributed by atoms with Crippen LogP contribution in [0.3, 0.4) is 0 Å². The monoisotopic (exact) mass is 361 g/mol. The highest BCUT2D eigenvalue weighted by atomic mass is 32.2. The molecule has 1 amide bonds. The van der Waals surface area contributed by atoms with E-state index in [0.29, 0.717) is 5.56 Å². The number of hydrazine groups is 1. The van der Waals surface area contributed by atoms with E-state index in [2.05, 4.69) is 33.8 Å². The number of rotatable bonds is 5. The number of benzene rings is 3. The molecule has 3 N–H and O–H groups in total. The summed E-state index contributed by atoms with van der Waals surface area (Å²) in [7, 11) is 0. The summed E-state index contributed by atoms with van der Waals surface area (Å²) < 4.78 is 0. The van der Waals surface area contributed by atoms with Crippen molar-refractivity contribution in [2.24, 2.45) is 0 Å². The van der Waals surface area contributed by atoms with Crippen LogP contribution in [0.15, 0.2) is 77.7 Å². The lowest BCUT2D eigenvalue weighted by atomic mass is 9.95. The first-order chi connectivity index (χ1) is 12.8. The molecule has 0 unspecified atom stereocenters. The smallest absolute Gasteiger partial charge is 0.266 e. The van der Waals surface area contributed by atoms with Gasteiger partial charge in [0, 0.05) is 23.5 Å². The first-order valence-electron chi connectivity index (χ1n) is 8.50. The number of hydrogen-bond acceptors (Lipinski definition) is 4. The maximum atomic E-state index is 12.8. The van der Waals surface area contributed by atoms with Crippen LogP contribution in [0.1, 0.15) is 21.5 Å². The third-order valence-electron chi connectivity index (χ3n) is 4.39. The predicted molar refractivity (Wildman–Crippen MR) is 105 cm³/mol. The van der Waals surface area contributed by atoms with E-state index in [4.69, 9.17) is 0 Å². The molecule has 3 aromatic rings. The molecule has 0 fully saturated rings. The third-order valence-corrected chi connectivity index (χ3v) is 5.10. The van der Waals surface area contributed by atoms with Crippen LogP contribution in [0.2, 0.25) is 0 Å². The molecule has 0 spiro atoms. The van der Waals surface area contributed by atoms with Crippen LogP contribution in [-0.2, 0) is 13.1 Å². The number of hydrogen-bond donors (Lipinski definition) is 3. The van der Waals surface area contributed by atoms with Gasteiger partial charge in [0.15, 0.2) is 0 Å². The van der Waals surface area contributed by atoms with Crippen molar-refractivity contribution in [1.29, 1.82) is 0 Å². The Bertz CT molecular complexity index is 913. The topological polar surface area (TPSA) is 53.2 Å². The van der Waals surface area contributed by atoms with Gasteiger partial charge >= 0.3 is 0 Å². The average molecular weight is 361 g/mol. The van der Waals surface area contributed by atoms with Crippen molar-refractivity contribution in [2.75, 3.05) is 0 Å². The molecule has 3 aromatic carbocycles. The van der Waals surface area contributed by atoms with Gasteiger partial charge in [-0.15, -0.1) is 0 Å². The second kappa shape index (κ2) is 7.74. The molecule has 0 bridgehead atoms. The Morgan fingerprint density at radius 2 is 1.62 bits per heavy atom. The zero-order chi connectivity index (χ0) is 17.8. The fourth-order valence-electron chi connectivity index (χ4n) is 3.11. The van der Waals surface area contributed by atoms with Gasteiger partial charge < -0.3 is 5.32 Å². The molecule has 1 aliphatic rings. The largest absolute Gasteiger partial charge is 0.309 e. The molecule has 0 atom stereocenters. The fourth-order valence-corrected chi connectivity index (χ4v) is 3.66. The van der Waals surface area contributed by atoms with Crippen LogP contribution in [0.5, 0.6) is 0 Å². The Kier molecular flexibility index (Phi) is 5.02. The van der Waals surface area contributed by atoms with Gasteiger partial charge in [0.25, 0.3) is 5.91 Å². The van der Waals surface area contributed by atoms with Crippen LogP contribution in [0.25, 0.3) is 11.1 Å². The van der Waals surface area contributed by atoms with E-state index in [1.807, 2.05) is 54.6 Å². The number of carbonyl (C=O) groups is 1. The number of fused-ring (bicyclic) bond motifs is 1. The highest BCUT2D eigenvalue weighted by molar-refractivity contribution is 7.97. The summed E-state index contributed by atoms with van der Waals surface area (Å²) in [6.07, 6.45) is 0. The van der Waals surface area contributed by atoms with Gasteiger partial charge in [-0.25, -0.2) is 0 Å². The summed E-state index contributed by atoms with van der Waals surface area (Å²) in [4.78, 5) is 16.8. The van der Waals surface area contributed by atoms with Gasteiger partial charge in [-0.3, -0.25) is 10.2 Å². The van der Waals surface area contributed by atoms with Crippen molar-refractivity contribution in [1.82, 2.24) is 15.6 Å². The second-order valence-electron chi connectivity index (χ2n) is 6.10. The summed E-state index contributed by atoms with van der Waals surface area (Å²) in [5.74, 6) is -0.119. The third kappa shape index (κ3) is 3.65. The summed E-state index contributed by atoms with van der Waals surface area (Å²) in [5.41, 5.74) is 7.96. The molecule has 0 radical (unpaired) electrons. The molecule has 1 heterocycles. The molecule has 4 nitrogen and oxygen atoms in total. The van der Waals surface area contributed by atoms with E-state index in [9.17, 15) is 4.79 Å². The van der Waals surface area contributed by atoms with Crippen molar-refractivity contribution in [3.63, 3.8) is 0 Å². The summed E-state index contributed by atoms with van der Waals surface area (Å²) >= 11 is 1.38. The Morgan fingerprint density at radius 1 is 0.885 bits per heavy atom. The maximum Gasteiger partial charge on any atom is 0.266 e. The van der Waals surface area contributed by atoms with Gasteiger partial charge in [0.1, 0.15) is 0 Å². The Morgan fingerprint density at radius 3 is 2.38 bits per heavy atom. The zero-order valence-electron chi connectivity index (χ0n) is 14.2. The van der Waals surface area contributed by atoms with Crippen LogP contribution < -0.4 is 15.6 Å². The molecule has 26 heavy (non-hydrogen) atoms. The number of carbonyl (C=O) groups excluding carboxylic acids is 1. The highest BCUT2D eigenvalue weighted by Crippen LogP contribution is 2.28. The van der Waals surface area contributed by atoms with E-state index < -0.39 is 0 Å². The lowest BCUT2D eigenvalue weighted by Gasteiger charge is -2.12. The lowest BCUT2D eigenvalue weighted by Crippen LogP contribution is -2.33. The molecular weight excluding hydrogens is 342 g/mol. The van der Waals surface area contributed by atoms with Crippen molar-refractivity contribution < 1.29 is 4.79 Å². The lowest BCUT2D eigenvalue weighted by molar-refractivity contribution is 0.0946. The van der Waals surface area contributed by atoms with Gasteiger partial charge in [-0.2, -0.15) is 4.83 Å². The summed E-state index contributed by atoms with van der Waals surface area (Å²) in [6, 6.07) is 24.2. The molecule has 1 aliphatic heterocycles. The van der Waals surface area contributed by atoms with E-state index in [1.165, 1.54) is 17.5 Å². The quantitative estimate of drug-likeness (QED) is 0.477. The predicted octanol–water partition coefficient (Wildman–Crippen LogP) is 3.90. The SMILES string of the molecule is O=C(NNSc1ccccc1)c1cc(-c2ccccc2)cc2c1CNC2. The Hall–Kier alpha value is -2.60. The van der Waals surface area contributed by atoms with Crippen molar-refractivity contribution in [2.45, 2.75) is 18.0 Å². The van der Waals surface area contributed by atoms with Crippen molar-refractivity contribution in [3.05, 3.63) is 89.5 Å². The Labute approximate surface area is 157 Å². The summed E-state index contributed by atoms with van der Waals surface area (Å²) in [5, 5.41) is 3.34. The summed E-state index contributed by atoms with van der Waals surface area (Å²) in [6.45, 7) is 1.52. The molecule has 4 rings (SSSR count). The van der Waals surface area contributed by atoms with Crippen molar-refractivity contribution in [3.8, 4) is 11.1 Å². The maximum absolute atomic E-state index is 12.8. The van der Waals surface area contributed by atoms with Gasteiger partial charge in [0.2, 0.25) is 0 Å². The van der Waals surface area contributed by atoms with E-state index in [1.54, 1.807) is 0 Å². The number of amides is 1. The molecule has 0 aromatic heterocycles. The standard InChI is InChI=1S/C21H19N3OS/c25-21(23-24-26-18-9-5-2-6-10-18)19-12-16(15-7-3-1-4-8-15)11-17-13-22-14-20(17)19/h1-12,22,24H,13-14H2,(H,23,25). The van der Waals surface area contributed by atoms with Gasteiger partial charge in [-0.05, 0) is 58.5 Å². The first kappa shape index (κ1) is 16.8. The first-order valence-corrected chi connectivity index (χ1v) is 9.32. The van der Waals surface area contributed by atoms with Crippen LogP contribution in [-0.4, -0.2) is 5.91 Å². The minimum absolute atomic E-state index is 0.119. The Balaban J connectivity index is 1.55. The van der Waals surface area contributed by atoms with Crippen molar-refractivity contribution >= 4 is 17.9 Å². The average Bonchev–Trinajstić information content (AvgIpc) is 3.17. The molecular formula is C21H19N3OS. The highest BCUT2D eigenvalue weighted by Gasteiger charge is 2.20. The van der Waals surface area contributed by atoms with Gasteiger partial charge in [-0.1, -0.05) is 48.5 Å². The molecule has 0 saturated carbocycles. The minimum Gasteiger partial charge on any atom is -0.309 e. The molecule has 5 heteroatoms. The second-order valence-corrected chi connectivity index (χ2v) is 6.98. The minimum atomic E-state index is -0.119. The van der Waals surface area contributed by atoms with Crippen LogP contribution >= 0.6 is 11.9 Å². The van der Waals surface area contributed by atoms with E-state index in [0.717, 1.165) is 34.7 Å². The number of nitrogens with one attached hydrogen (secondary N) is 3. The normalized spacial score (nSPS) is 12.6. The van der Waals surface area contributed by atoms with Gasteiger partial charge in [0.05, 0.1) is 0 Å². The van der Waals surface area contributed by atoms with Crippen LogP contribution in [0.4, 0.5) is 0 Å². The molecule has 0 saturated heterocycles.